The van der Waals surface area contributed by atoms with Crippen molar-refractivity contribution in [1.29, 1.82) is 0 Å². The van der Waals surface area contributed by atoms with Gasteiger partial charge in [-0.05, 0) is 18.6 Å². The van der Waals surface area contributed by atoms with Gasteiger partial charge in [-0.1, -0.05) is 18.3 Å². The average molecular weight is 210 g/mol. The van der Waals surface area contributed by atoms with E-state index in [1.165, 1.54) is 12.1 Å². The summed E-state index contributed by atoms with van der Waals surface area (Å²) in [5.41, 5.74) is 0.730. The highest BCUT2D eigenvalue weighted by Gasteiger charge is 2.03. The lowest BCUT2D eigenvalue weighted by atomic mass is 10.3. The molecule has 0 atom stereocenters. The van der Waals surface area contributed by atoms with E-state index in [2.05, 4.69) is 17.2 Å². The minimum Gasteiger partial charge on any atom is -0.361 e. The van der Waals surface area contributed by atoms with Crippen LogP contribution in [0.3, 0.4) is 0 Å². The van der Waals surface area contributed by atoms with E-state index in [-0.39, 0.29) is 5.82 Å². The molecule has 14 heavy (non-hydrogen) atoms. The van der Waals surface area contributed by atoms with Crippen LogP contribution in [0.15, 0.2) is 18.2 Å². The smallest absolute Gasteiger partial charge is 0.183 e. The van der Waals surface area contributed by atoms with Crippen LogP contribution in [0.4, 0.5) is 9.52 Å². The number of fused-ring (bicyclic) bond motifs is 1. The number of hydrogen-bond acceptors (Lipinski definition) is 3. The number of benzene rings is 1. The monoisotopic (exact) mass is 210 g/mol. The van der Waals surface area contributed by atoms with Gasteiger partial charge in [0.15, 0.2) is 5.13 Å². The minimum absolute atomic E-state index is 0.232. The standard InChI is InChI=1S/C10H11FN2S/c1-2-5-12-10-13-8-6-7(11)3-4-9(8)14-10/h3-4,6H,2,5H2,1H3,(H,12,13). The fourth-order valence-corrected chi connectivity index (χ4v) is 2.08. The molecule has 2 rings (SSSR count). The molecule has 2 aromatic rings. The van der Waals surface area contributed by atoms with E-state index in [1.54, 1.807) is 17.4 Å². The predicted molar refractivity (Wildman–Crippen MR) is 58.4 cm³/mol. The Labute approximate surface area is 85.8 Å². The summed E-state index contributed by atoms with van der Waals surface area (Å²) in [5, 5.41) is 4.06. The fraction of sp³-hybridized carbons (Fsp3) is 0.300. The van der Waals surface area contributed by atoms with Gasteiger partial charge in [0, 0.05) is 12.6 Å². The van der Waals surface area contributed by atoms with Crippen molar-refractivity contribution in [3.63, 3.8) is 0 Å². The topological polar surface area (TPSA) is 24.9 Å². The Morgan fingerprint density at radius 1 is 1.50 bits per heavy atom. The fourth-order valence-electron chi connectivity index (χ4n) is 1.21. The summed E-state index contributed by atoms with van der Waals surface area (Å²) >= 11 is 1.56. The molecule has 1 heterocycles. The lowest BCUT2D eigenvalue weighted by molar-refractivity contribution is 0.629. The molecular weight excluding hydrogens is 199 g/mol. The molecule has 0 radical (unpaired) electrons. The first-order valence-electron chi connectivity index (χ1n) is 4.59. The summed E-state index contributed by atoms with van der Waals surface area (Å²) in [6.45, 7) is 3.00. The Kier molecular flexibility index (Phi) is 2.63. The Balaban J connectivity index is 2.32. The lowest BCUT2D eigenvalue weighted by Gasteiger charge is -1.95. The average Bonchev–Trinajstić information content (AvgIpc) is 2.56. The number of nitrogens with zero attached hydrogens (tertiary/aromatic N) is 1. The molecule has 0 saturated heterocycles. The number of rotatable bonds is 3. The van der Waals surface area contributed by atoms with Crippen molar-refractivity contribution in [2.75, 3.05) is 11.9 Å². The van der Waals surface area contributed by atoms with Crippen LogP contribution in [-0.2, 0) is 0 Å². The van der Waals surface area contributed by atoms with Gasteiger partial charge < -0.3 is 5.32 Å². The van der Waals surface area contributed by atoms with Crippen LogP contribution in [0.2, 0.25) is 0 Å². The molecule has 0 unspecified atom stereocenters. The minimum atomic E-state index is -0.232. The summed E-state index contributed by atoms with van der Waals surface area (Å²) in [7, 11) is 0. The maximum Gasteiger partial charge on any atom is 0.183 e. The van der Waals surface area contributed by atoms with Gasteiger partial charge in [-0.3, -0.25) is 0 Å². The quantitative estimate of drug-likeness (QED) is 0.841. The SMILES string of the molecule is CCCNc1nc2cc(F)ccc2s1. The Hall–Kier alpha value is -1.16. The van der Waals surface area contributed by atoms with Crippen LogP contribution in [0.25, 0.3) is 10.2 Å². The van der Waals surface area contributed by atoms with Gasteiger partial charge >= 0.3 is 0 Å². The summed E-state index contributed by atoms with van der Waals surface area (Å²) in [6.07, 6.45) is 1.06. The highest BCUT2D eigenvalue weighted by Crippen LogP contribution is 2.26. The van der Waals surface area contributed by atoms with Crippen LogP contribution in [0.1, 0.15) is 13.3 Å². The molecule has 2 nitrogen and oxygen atoms in total. The third-order valence-corrected chi connectivity index (χ3v) is 2.87. The number of anilines is 1. The third-order valence-electron chi connectivity index (χ3n) is 1.88. The summed E-state index contributed by atoms with van der Waals surface area (Å²) in [5.74, 6) is -0.232. The second-order valence-electron chi connectivity index (χ2n) is 3.06. The first-order valence-corrected chi connectivity index (χ1v) is 5.41. The summed E-state index contributed by atoms with van der Waals surface area (Å²) in [6, 6.07) is 4.69. The first-order chi connectivity index (χ1) is 6.79. The molecule has 0 fully saturated rings. The van der Waals surface area contributed by atoms with Gasteiger partial charge in [-0.15, -0.1) is 0 Å². The van der Waals surface area contributed by atoms with Crippen molar-refractivity contribution < 1.29 is 4.39 Å². The zero-order valence-electron chi connectivity index (χ0n) is 7.88. The predicted octanol–water partition coefficient (Wildman–Crippen LogP) is 3.26. The highest BCUT2D eigenvalue weighted by atomic mass is 32.1. The molecule has 0 aliphatic rings. The second-order valence-corrected chi connectivity index (χ2v) is 4.09. The van der Waals surface area contributed by atoms with E-state index in [4.69, 9.17) is 0 Å². The number of halogens is 1. The van der Waals surface area contributed by atoms with Crippen LogP contribution in [0.5, 0.6) is 0 Å². The van der Waals surface area contributed by atoms with Gasteiger partial charge in [0.25, 0.3) is 0 Å². The zero-order valence-corrected chi connectivity index (χ0v) is 8.70. The van der Waals surface area contributed by atoms with Crippen molar-refractivity contribution >= 4 is 26.7 Å². The summed E-state index contributed by atoms with van der Waals surface area (Å²) in [4.78, 5) is 4.28. The third kappa shape index (κ3) is 1.85. The Bertz CT molecular complexity index is 439. The Morgan fingerprint density at radius 2 is 2.36 bits per heavy atom. The largest absolute Gasteiger partial charge is 0.361 e. The molecule has 0 aliphatic heterocycles. The molecule has 0 bridgehead atoms. The maximum absolute atomic E-state index is 12.8. The molecule has 74 valence electrons. The van der Waals surface area contributed by atoms with E-state index >= 15 is 0 Å². The van der Waals surface area contributed by atoms with Crippen LogP contribution < -0.4 is 5.32 Å². The van der Waals surface area contributed by atoms with Crippen molar-refractivity contribution in [3.05, 3.63) is 24.0 Å². The van der Waals surface area contributed by atoms with Crippen molar-refractivity contribution in [2.24, 2.45) is 0 Å². The number of thiazole rings is 1. The van der Waals surface area contributed by atoms with Gasteiger partial charge in [-0.25, -0.2) is 9.37 Å². The van der Waals surface area contributed by atoms with Crippen molar-refractivity contribution in [3.8, 4) is 0 Å². The highest BCUT2D eigenvalue weighted by molar-refractivity contribution is 7.22. The maximum atomic E-state index is 12.8. The molecule has 1 aromatic heterocycles. The molecule has 0 spiro atoms. The van der Waals surface area contributed by atoms with Gasteiger partial charge in [-0.2, -0.15) is 0 Å². The van der Waals surface area contributed by atoms with E-state index in [0.29, 0.717) is 0 Å². The molecule has 0 aliphatic carbocycles. The van der Waals surface area contributed by atoms with E-state index < -0.39 is 0 Å². The first kappa shape index (κ1) is 9.40. The van der Waals surface area contributed by atoms with Crippen LogP contribution in [-0.4, -0.2) is 11.5 Å². The van der Waals surface area contributed by atoms with Crippen LogP contribution in [0, 0.1) is 5.82 Å². The van der Waals surface area contributed by atoms with E-state index in [0.717, 1.165) is 28.3 Å². The summed E-state index contributed by atoms with van der Waals surface area (Å²) < 4.78 is 13.9. The number of nitrogens with one attached hydrogen (secondary N) is 1. The van der Waals surface area contributed by atoms with E-state index in [1.807, 2.05) is 0 Å². The second kappa shape index (κ2) is 3.92. The lowest BCUT2D eigenvalue weighted by Crippen LogP contribution is -1.98. The molecule has 1 N–H and O–H groups in total. The molecule has 0 saturated carbocycles. The number of aromatic nitrogens is 1. The van der Waals surface area contributed by atoms with Gasteiger partial charge in [0.1, 0.15) is 5.82 Å². The van der Waals surface area contributed by atoms with Gasteiger partial charge in [0.05, 0.1) is 10.2 Å². The van der Waals surface area contributed by atoms with E-state index in [9.17, 15) is 4.39 Å². The Morgan fingerprint density at radius 3 is 3.14 bits per heavy atom. The molecule has 1 aromatic carbocycles. The number of hydrogen-bond donors (Lipinski definition) is 1. The molecular formula is C10H11FN2S. The van der Waals surface area contributed by atoms with Crippen molar-refractivity contribution in [1.82, 2.24) is 4.98 Å². The zero-order chi connectivity index (χ0) is 9.97. The van der Waals surface area contributed by atoms with Crippen LogP contribution >= 0.6 is 11.3 Å². The molecule has 4 heteroatoms. The van der Waals surface area contributed by atoms with Gasteiger partial charge in [0.2, 0.25) is 0 Å². The van der Waals surface area contributed by atoms with Crippen molar-refractivity contribution in [2.45, 2.75) is 13.3 Å². The normalized spacial score (nSPS) is 10.7. The molecule has 0 amide bonds.